The number of nitriles is 1. The second kappa shape index (κ2) is 6.79. The molecule has 0 bridgehead atoms. The molecule has 3 N–H and O–H groups in total. The average Bonchev–Trinajstić information content (AvgIpc) is 2.50. The van der Waals surface area contributed by atoms with Crippen molar-refractivity contribution in [3.05, 3.63) is 17.8 Å². The predicted molar refractivity (Wildman–Crippen MR) is 78.6 cm³/mol. The van der Waals surface area contributed by atoms with Crippen LogP contribution in [0.4, 0.5) is 16.3 Å². The third-order valence-corrected chi connectivity index (χ3v) is 3.39. The van der Waals surface area contributed by atoms with Crippen LogP contribution < -0.4 is 11.1 Å². The summed E-state index contributed by atoms with van der Waals surface area (Å²) in [5, 5.41) is 12.3. The summed E-state index contributed by atoms with van der Waals surface area (Å²) < 4.78 is 4.98. The minimum atomic E-state index is -0.265. The molecule has 2 heterocycles. The molecule has 0 aliphatic carbocycles. The summed E-state index contributed by atoms with van der Waals surface area (Å²) in [6.45, 7) is 3.45. The van der Waals surface area contributed by atoms with Crippen LogP contribution in [0.15, 0.2) is 12.3 Å². The fourth-order valence-electron chi connectivity index (χ4n) is 2.30. The van der Waals surface area contributed by atoms with Crippen LogP contribution in [0.5, 0.6) is 0 Å². The van der Waals surface area contributed by atoms with Gasteiger partial charge in [0, 0.05) is 19.1 Å². The normalized spacial score (nSPS) is 15.3. The van der Waals surface area contributed by atoms with Crippen LogP contribution in [-0.4, -0.2) is 41.7 Å². The van der Waals surface area contributed by atoms with Gasteiger partial charge in [0.25, 0.3) is 0 Å². The van der Waals surface area contributed by atoms with Crippen LogP contribution in [0.25, 0.3) is 0 Å². The fourth-order valence-corrected chi connectivity index (χ4v) is 2.30. The van der Waals surface area contributed by atoms with E-state index < -0.39 is 0 Å². The number of nitrogens with zero attached hydrogens (tertiary/aromatic N) is 3. The Bertz CT molecular complexity index is 547. The van der Waals surface area contributed by atoms with Crippen molar-refractivity contribution < 1.29 is 9.53 Å². The number of carbonyl (C=O) groups excluding carboxylic acids is 1. The zero-order chi connectivity index (χ0) is 15.2. The zero-order valence-corrected chi connectivity index (χ0v) is 12.0. The number of hydrogen-bond acceptors (Lipinski definition) is 6. The van der Waals surface area contributed by atoms with E-state index in [4.69, 9.17) is 15.7 Å². The fraction of sp³-hybridized carbons (Fsp3) is 0.500. The molecular formula is C14H19N5O2. The molecule has 1 saturated heterocycles. The molecule has 0 spiro atoms. The molecule has 7 nitrogen and oxygen atoms in total. The maximum atomic E-state index is 11.6. The SMILES string of the molecule is CCOC(=O)N1CCC(Nc2ncc(N)cc2C#N)CC1. The number of pyridine rings is 1. The lowest BCUT2D eigenvalue weighted by molar-refractivity contribution is 0.0983. The monoisotopic (exact) mass is 289 g/mol. The van der Waals surface area contributed by atoms with Crippen molar-refractivity contribution in [2.45, 2.75) is 25.8 Å². The smallest absolute Gasteiger partial charge is 0.409 e. The van der Waals surface area contributed by atoms with Gasteiger partial charge >= 0.3 is 6.09 Å². The maximum absolute atomic E-state index is 11.6. The Hall–Kier alpha value is -2.49. The Morgan fingerprint density at radius 2 is 2.33 bits per heavy atom. The highest BCUT2D eigenvalue weighted by molar-refractivity contribution is 5.67. The van der Waals surface area contributed by atoms with Gasteiger partial charge < -0.3 is 20.7 Å². The van der Waals surface area contributed by atoms with Gasteiger partial charge in [-0.1, -0.05) is 0 Å². The minimum Gasteiger partial charge on any atom is -0.450 e. The van der Waals surface area contributed by atoms with Crippen molar-refractivity contribution in [2.24, 2.45) is 0 Å². The molecule has 1 fully saturated rings. The molecule has 1 aliphatic rings. The predicted octanol–water partition coefficient (Wildman–Crippen LogP) is 1.57. The molecule has 0 unspecified atom stereocenters. The van der Waals surface area contributed by atoms with Crippen molar-refractivity contribution in [2.75, 3.05) is 30.7 Å². The summed E-state index contributed by atoms with van der Waals surface area (Å²) in [6, 6.07) is 3.86. The quantitative estimate of drug-likeness (QED) is 0.875. The van der Waals surface area contributed by atoms with Crippen LogP contribution in [0, 0.1) is 11.3 Å². The number of nitrogens with one attached hydrogen (secondary N) is 1. The lowest BCUT2D eigenvalue weighted by Gasteiger charge is -2.32. The summed E-state index contributed by atoms with van der Waals surface area (Å²) in [5.41, 5.74) is 6.52. The molecule has 1 amide bonds. The molecule has 0 radical (unpaired) electrons. The summed E-state index contributed by atoms with van der Waals surface area (Å²) in [5.74, 6) is 0.543. The van der Waals surface area contributed by atoms with Gasteiger partial charge in [-0.2, -0.15) is 5.26 Å². The van der Waals surface area contributed by atoms with Gasteiger partial charge in [-0.3, -0.25) is 0 Å². The molecule has 1 aromatic rings. The number of nitrogen functional groups attached to an aromatic ring is 1. The number of likely N-dealkylation sites (tertiary alicyclic amines) is 1. The Labute approximate surface area is 123 Å². The van der Waals surface area contributed by atoms with Crippen LogP contribution in [0.3, 0.4) is 0 Å². The maximum Gasteiger partial charge on any atom is 0.409 e. The van der Waals surface area contributed by atoms with Gasteiger partial charge in [0.2, 0.25) is 0 Å². The first kappa shape index (κ1) is 14.9. The Morgan fingerprint density at radius 3 is 2.95 bits per heavy atom. The molecule has 0 saturated carbocycles. The lowest BCUT2D eigenvalue weighted by Crippen LogP contribution is -2.42. The number of piperidine rings is 1. The Balaban J connectivity index is 1.92. The van der Waals surface area contributed by atoms with E-state index in [-0.39, 0.29) is 12.1 Å². The molecule has 7 heteroatoms. The van der Waals surface area contributed by atoms with E-state index in [0.717, 1.165) is 12.8 Å². The van der Waals surface area contributed by atoms with E-state index in [0.29, 0.717) is 36.8 Å². The summed E-state index contributed by atoms with van der Waals surface area (Å²) in [6.07, 6.45) is 2.84. The standard InChI is InChI=1S/C14H19N5O2/c1-2-21-14(20)19-5-3-12(4-6-19)18-13-10(8-15)7-11(16)9-17-13/h7,9,12H,2-6,16H2,1H3,(H,17,18). The molecule has 1 aliphatic heterocycles. The van der Waals surface area contributed by atoms with E-state index in [1.807, 2.05) is 0 Å². The van der Waals surface area contributed by atoms with Gasteiger partial charge in [-0.05, 0) is 25.8 Å². The average molecular weight is 289 g/mol. The minimum absolute atomic E-state index is 0.180. The third kappa shape index (κ3) is 3.75. The van der Waals surface area contributed by atoms with Crippen molar-refractivity contribution in [3.63, 3.8) is 0 Å². The highest BCUT2D eigenvalue weighted by Crippen LogP contribution is 2.19. The molecule has 1 aromatic heterocycles. The first-order valence-electron chi connectivity index (χ1n) is 6.98. The number of anilines is 2. The van der Waals surface area contributed by atoms with Crippen LogP contribution in [0.2, 0.25) is 0 Å². The molecule has 21 heavy (non-hydrogen) atoms. The van der Waals surface area contributed by atoms with E-state index >= 15 is 0 Å². The summed E-state index contributed by atoms with van der Waals surface area (Å²) >= 11 is 0. The lowest BCUT2D eigenvalue weighted by atomic mass is 10.1. The second-order valence-corrected chi connectivity index (χ2v) is 4.88. The van der Waals surface area contributed by atoms with Crippen LogP contribution in [-0.2, 0) is 4.74 Å². The Morgan fingerprint density at radius 1 is 1.62 bits per heavy atom. The molecule has 0 atom stereocenters. The van der Waals surface area contributed by atoms with Crippen molar-refractivity contribution >= 4 is 17.6 Å². The zero-order valence-electron chi connectivity index (χ0n) is 12.0. The molecular weight excluding hydrogens is 270 g/mol. The van der Waals surface area contributed by atoms with E-state index in [2.05, 4.69) is 16.4 Å². The van der Waals surface area contributed by atoms with E-state index in [1.54, 1.807) is 17.9 Å². The van der Waals surface area contributed by atoms with Gasteiger partial charge in [-0.25, -0.2) is 9.78 Å². The summed E-state index contributed by atoms with van der Waals surface area (Å²) in [7, 11) is 0. The number of aromatic nitrogens is 1. The van der Waals surface area contributed by atoms with Gasteiger partial charge in [0.1, 0.15) is 11.9 Å². The first-order chi connectivity index (χ1) is 10.1. The number of rotatable bonds is 3. The van der Waals surface area contributed by atoms with E-state index in [1.165, 1.54) is 6.20 Å². The van der Waals surface area contributed by atoms with E-state index in [9.17, 15) is 4.79 Å². The Kier molecular flexibility index (Phi) is 4.82. The van der Waals surface area contributed by atoms with Gasteiger partial charge in [0.05, 0.1) is 24.1 Å². The van der Waals surface area contributed by atoms with Crippen molar-refractivity contribution in [1.82, 2.24) is 9.88 Å². The number of carbonyl (C=O) groups is 1. The number of nitrogens with two attached hydrogens (primary N) is 1. The summed E-state index contributed by atoms with van der Waals surface area (Å²) in [4.78, 5) is 17.5. The second-order valence-electron chi connectivity index (χ2n) is 4.88. The van der Waals surface area contributed by atoms with Gasteiger partial charge in [-0.15, -0.1) is 0 Å². The van der Waals surface area contributed by atoms with Gasteiger partial charge in [0.15, 0.2) is 0 Å². The molecule has 0 aromatic carbocycles. The third-order valence-electron chi connectivity index (χ3n) is 3.39. The van der Waals surface area contributed by atoms with Crippen LogP contribution >= 0.6 is 0 Å². The van der Waals surface area contributed by atoms with Crippen molar-refractivity contribution in [1.29, 1.82) is 5.26 Å². The van der Waals surface area contributed by atoms with Crippen LogP contribution in [0.1, 0.15) is 25.3 Å². The number of amides is 1. The molecule has 112 valence electrons. The highest BCUT2D eigenvalue weighted by Gasteiger charge is 2.24. The topological polar surface area (TPSA) is 104 Å². The first-order valence-corrected chi connectivity index (χ1v) is 6.98. The largest absolute Gasteiger partial charge is 0.450 e. The van der Waals surface area contributed by atoms with Crippen molar-refractivity contribution in [3.8, 4) is 6.07 Å². The number of hydrogen-bond donors (Lipinski definition) is 2. The number of ether oxygens (including phenoxy) is 1. The highest BCUT2D eigenvalue weighted by atomic mass is 16.6. The molecule has 2 rings (SSSR count).